The normalized spacial score (nSPS) is 13.2. The van der Waals surface area contributed by atoms with Crippen molar-refractivity contribution >= 4 is 28.7 Å². The molecule has 0 bridgehead atoms. The summed E-state index contributed by atoms with van der Waals surface area (Å²) in [6.07, 6.45) is -9.91. The number of rotatable bonds is 2. The fraction of sp³-hybridized carbons (Fsp3) is 0.214. The van der Waals surface area contributed by atoms with Gasteiger partial charge >= 0.3 is 24.2 Å². The molecule has 0 fully saturated rings. The van der Waals surface area contributed by atoms with Crippen molar-refractivity contribution in [3.8, 4) is 0 Å². The highest BCUT2D eigenvalue weighted by atomic mass is 19.4. The molecule has 0 spiro atoms. The molecule has 0 amide bonds. The number of hydrogen-bond donors (Lipinski definition) is 0. The van der Waals surface area contributed by atoms with Crippen LogP contribution >= 0.6 is 0 Å². The summed E-state index contributed by atoms with van der Waals surface area (Å²) in [5, 5.41) is 0. The molecule has 1 heterocycles. The molecule has 0 aliphatic heterocycles. The van der Waals surface area contributed by atoms with Crippen molar-refractivity contribution in [3.63, 3.8) is 0 Å². The number of esters is 1. The number of alkyl halides is 6. The first-order chi connectivity index (χ1) is 11.5. The van der Waals surface area contributed by atoms with E-state index in [2.05, 4.69) is 9.72 Å². The Morgan fingerprint density at radius 1 is 1.08 bits per heavy atom. The van der Waals surface area contributed by atoms with Gasteiger partial charge in [-0.15, -0.1) is 0 Å². The average Bonchev–Trinajstić information content (AvgIpc) is 2.88. The van der Waals surface area contributed by atoms with Gasteiger partial charge in [-0.05, 0) is 25.1 Å². The maximum absolute atomic E-state index is 12.8. The van der Waals surface area contributed by atoms with Gasteiger partial charge in [0.1, 0.15) is 0 Å². The Balaban J connectivity index is 2.64. The minimum Gasteiger partial charge on any atom is -0.416 e. The second kappa shape index (κ2) is 6.22. The zero-order valence-electron chi connectivity index (χ0n) is 12.3. The van der Waals surface area contributed by atoms with Crippen LogP contribution in [0.1, 0.15) is 17.5 Å². The molecular weight excluding hydrogens is 358 g/mol. The number of benzene rings is 1. The molecule has 0 unspecified atom stereocenters. The van der Waals surface area contributed by atoms with Crippen LogP contribution in [-0.4, -0.2) is 33.8 Å². The molecule has 25 heavy (non-hydrogen) atoms. The summed E-state index contributed by atoms with van der Waals surface area (Å²) < 4.78 is 79.6. The first-order valence-corrected chi connectivity index (χ1v) is 6.51. The highest BCUT2D eigenvalue weighted by molar-refractivity contribution is 5.96. The lowest BCUT2D eigenvalue weighted by atomic mass is 10.3. The van der Waals surface area contributed by atoms with Crippen LogP contribution in [0.2, 0.25) is 0 Å². The van der Waals surface area contributed by atoms with E-state index in [-0.39, 0.29) is 15.6 Å². The summed E-state index contributed by atoms with van der Waals surface area (Å²) in [4.78, 5) is 26.3. The fourth-order valence-corrected chi connectivity index (χ4v) is 1.92. The average molecular weight is 366 g/mol. The lowest BCUT2D eigenvalue weighted by Gasteiger charge is -2.13. The van der Waals surface area contributed by atoms with E-state index >= 15 is 0 Å². The van der Waals surface area contributed by atoms with E-state index in [0.29, 0.717) is 0 Å². The number of imidazole rings is 1. The van der Waals surface area contributed by atoms with E-state index in [1.807, 2.05) is 0 Å². The van der Waals surface area contributed by atoms with E-state index in [1.165, 1.54) is 18.2 Å². The standard InChI is InChI=1S/C14H8F6N2O3/c1-2-9(25-12(24)14(18,19)20)10-21-7-5-3-4-6-8(7)22(10)11(23)13(15,16)17/h2-6H,1H3. The molecule has 5 nitrogen and oxygen atoms in total. The summed E-state index contributed by atoms with van der Waals surface area (Å²) in [7, 11) is 0. The number of halogens is 6. The van der Waals surface area contributed by atoms with Gasteiger partial charge < -0.3 is 4.74 Å². The van der Waals surface area contributed by atoms with Crippen LogP contribution in [0, 0.1) is 0 Å². The van der Waals surface area contributed by atoms with Gasteiger partial charge in [0.2, 0.25) is 0 Å². The maximum atomic E-state index is 12.8. The number of hydrogen-bond acceptors (Lipinski definition) is 4. The molecule has 0 aliphatic rings. The maximum Gasteiger partial charge on any atom is 0.491 e. The Labute approximate surface area is 135 Å². The zero-order valence-corrected chi connectivity index (χ0v) is 12.3. The molecule has 11 heteroatoms. The molecule has 0 atom stereocenters. The van der Waals surface area contributed by atoms with Crippen molar-refractivity contribution in [2.75, 3.05) is 0 Å². The van der Waals surface area contributed by atoms with Crippen LogP contribution in [0.4, 0.5) is 26.3 Å². The minimum atomic E-state index is -5.38. The molecule has 1 aromatic carbocycles. The van der Waals surface area contributed by atoms with Crippen molar-refractivity contribution in [1.82, 2.24) is 9.55 Å². The number of ether oxygens (including phenoxy) is 1. The predicted octanol–water partition coefficient (Wildman–Crippen LogP) is 3.71. The summed E-state index contributed by atoms with van der Waals surface area (Å²) in [5.41, 5.74) is -0.403. The van der Waals surface area contributed by atoms with Crippen LogP contribution in [0.5, 0.6) is 0 Å². The van der Waals surface area contributed by atoms with Crippen molar-refractivity contribution in [2.45, 2.75) is 19.3 Å². The highest BCUT2D eigenvalue weighted by Crippen LogP contribution is 2.29. The van der Waals surface area contributed by atoms with E-state index in [1.54, 1.807) is 0 Å². The van der Waals surface area contributed by atoms with E-state index < -0.39 is 35.8 Å². The molecule has 2 rings (SSSR count). The largest absolute Gasteiger partial charge is 0.491 e. The summed E-state index contributed by atoms with van der Waals surface area (Å²) in [6.45, 7) is 1.11. The lowest BCUT2D eigenvalue weighted by Crippen LogP contribution is -2.31. The topological polar surface area (TPSA) is 61.2 Å². The van der Waals surface area contributed by atoms with Crippen molar-refractivity contribution < 1.29 is 40.7 Å². The molecule has 0 aliphatic carbocycles. The number of allylic oxidation sites excluding steroid dienone is 1. The van der Waals surface area contributed by atoms with Gasteiger partial charge in [-0.25, -0.2) is 9.78 Å². The molecule has 1 aromatic heterocycles. The number of para-hydroxylation sites is 2. The molecule has 0 saturated heterocycles. The van der Waals surface area contributed by atoms with Gasteiger partial charge in [0.25, 0.3) is 0 Å². The molecule has 2 aromatic rings. The Bertz CT molecular complexity index is 864. The summed E-state index contributed by atoms with van der Waals surface area (Å²) in [6, 6.07) is 5.08. The third-order valence-corrected chi connectivity index (χ3v) is 2.92. The predicted molar refractivity (Wildman–Crippen MR) is 72.2 cm³/mol. The van der Waals surface area contributed by atoms with Crippen molar-refractivity contribution in [2.24, 2.45) is 0 Å². The summed E-state index contributed by atoms with van der Waals surface area (Å²) >= 11 is 0. The Morgan fingerprint density at radius 2 is 1.68 bits per heavy atom. The van der Waals surface area contributed by atoms with Crippen molar-refractivity contribution in [1.29, 1.82) is 0 Å². The van der Waals surface area contributed by atoms with Crippen LogP contribution in [-0.2, 0) is 9.53 Å². The van der Waals surface area contributed by atoms with Gasteiger partial charge in [-0.3, -0.25) is 9.36 Å². The van der Waals surface area contributed by atoms with Gasteiger partial charge in [-0.2, -0.15) is 26.3 Å². The molecule has 134 valence electrons. The number of aromatic nitrogens is 2. The van der Waals surface area contributed by atoms with E-state index in [9.17, 15) is 35.9 Å². The lowest BCUT2D eigenvalue weighted by molar-refractivity contribution is -0.192. The minimum absolute atomic E-state index is 0.0499. The second-order valence-electron chi connectivity index (χ2n) is 4.60. The van der Waals surface area contributed by atoms with Crippen LogP contribution in [0.3, 0.4) is 0 Å². The third kappa shape index (κ3) is 3.64. The van der Waals surface area contributed by atoms with E-state index in [4.69, 9.17) is 0 Å². The Kier molecular flexibility index (Phi) is 4.60. The Hall–Kier alpha value is -2.85. The van der Waals surface area contributed by atoms with Gasteiger partial charge in [0, 0.05) is 0 Å². The molecule has 0 radical (unpaired) electrons. The van der Waals surface area contributed by atoms with Gasteiger partial charge in [0.05, 0.1) is 11.0 Å². The van der Waals surface area contributed by atoms with Gasteiger partial charge in [0.15, 0.2) is 11.6 Å². The zero-order chi connectivity index (χ0) is 19.0. The van der Waals surface area contributed by atoms with Gasteiger partial charge in [-0.1, -0.05) is 12.1 Å². The number of carbonyl (C=O) groups excluding carboxylic acids is 2. The third-order valence-electron chi connectivity index (χ3n) is 2.92. The Morgan fingerprint density at radius 3 is 2.20 bits per heavy atom. The first kappa shape index (κ1) is 18.5. The second-order valence-corrected chi connectivity index (χ2v) is 4.60. The monoisotopic (exact) mass is 366 g/mol. The van der Waals surface area contributed by atoms with Crippen molar-refractivity contribution in [3.05, 3.63) is 36.2 Å². The quantitative estimate of drug-likeness (QED) is 0.462. The smallest absolute Gasteiger partial charge is 0.416 e. The molecule has 0 N–H and O–H groups in total. The van der Waals surface area contributed by atoms with Crippen LogP contribution in [0.15, 0.2) is 30.3 Å². The number of carbonyl (C=O) groups is 2. The van der Waals surface area contributed by atoms with Crippen LogP contribution < -0.4 is 0 Å². The molecule has 0 saturated carbocycles. The number of nitrogens with zero attached hydrogens (tertiary/aromatic N) is 2. The fourth-order valence-electron chi connectivity index (χ4n) is 1.92. The number of fused-ring (bicyclic) bond motifs is 1. The first-order valence-electron chi connectivity index (χ1n) is 6.51. The van der Waals surface area contributed by atoms with Crippen LogP contribution in [0.25, 0.3) is 16.8 Å². The SMILES string of the molecule is CC=C(OC(=O)C(F)(F)F)c1nc2ccccc2n1C(=O)C(F)(F)F. The molecular formula is C14H8F6N2O3. The van der Waals surface area contributed by atoms with E-state index in [0.717, 1.165) is 19.1 Å². The summed E-state index contributed by atoms with van der Waals surface area (Å²) in [5.74, 6) is -6.85. The highest BCUT2D eigenvalue weighted by Gasteiger charge is 2.44.